The average molecular weight is 1470 g/mol. The molecule has 30 nitrogen and oxygen atoms in total. The summed E-state index contributed by atoms with van der Waals surface area (Å²) in [5.41, 5.74) is 5.91. The van der Waals surface area contributed by atoms with Crippen LogP contribution in [0, 0.1) is 0 Å². The number of alkyl halides is 2. The number of rotatable bonds is 40. The smallest absolute Gasteiger partial charge is 0.253 e. The number of carbonyl (C=O) groups is 18. The predicted molar refractivity (Wildman–Crippen MR) is 373 cm³/mol. The van der Waals surface area contributed by atoms with E-state index in [0.29, 0.717) is 180 Å². The van der Waals surface area contributed by atoms with Crippen LogP contribution in [0.5, 0.6) is 0 Å². The zero-order chi connectivity index (χ0) is 75.3. The van der Waals surface area contributed by atoms with Gasteiger partial charge in [-0.15, -0.1) is 23.2 Å². The van der Waals surface area contributed by atoms with Crippen LogP contribution >= 0.6 is 23.2 Å². The third kappa shape index (κ3) is 30.8. The molecule has 32 heteroatoms. The molecule has 1 fully saturated rings. The Morgan fingerprint density at radius 3 is 1.10 bits per heavy atom. The number of hydrogen-bond acceptors (Lipinski definition) is 22. The van der Waals surface area contributed by atoms with Crippen LogP contribution in [-0.2, 0) is 81.4 Å². The van der Waals surface area contributed by atoms with Crippen molar-refractivity contribution in [1.82, 2.24) is 41.3 Å². The summed E-state index contributed by atoms with van der Waals surface area (Å²) in [6.07, 6.45) is 11.8. The largest absolute Gasteiger partial charge is 0.377 e. The molecular weight excluding hydrogens is 1390 g/mol. The Morgan fingerprint density at radius 2 is 0.709 bits per heavy atom. The predicted octanol–water partition coefficient (Wildman–Crippen LogP) is 1.65. The maximum Gasteiger partial charge on any atom is 0.253 e. The third-order valence-corrected chi connectivity index (χ3v) is 15.6. The minimum atomic E-state index is -0.396. The molecule has 0 aromatic heterocycles. The van der Waals surface area contributed by atoms with Crippen molar-refractivity contribution in [3.63, 3.8) is 0 Å². The third-order valence-electron chi connectivity index (χ3n) is 15.1. The zero-order valence-electron chi connectivity index (χ0n) is 56.2. The number of carbonyl (C=O) groups excluding carboxylic acids is 18. The molecule has 3 aliphatic rings. The lowest BCUT2D eigenvalue weighted by Gasteiger charge is -2.36. The van der Waals surface area contributed by atoms with Crippen molar-refractivity contribution in [3.8, 4) is 0 Å². The summed E-state index contributed by atoms with van der Waals surface area (Å²) in [4.78, 5) is 208. The van der Waals surface area contributed by atoms with Crippen molar-refractivity contribution < 1.29 is 101 Å². The van der Waals surface area contributed by atoms with Crippen molar-refractivity contribution in [3.05, 3.63) is 158 Å². The number of ether oxygens (including phenoxy) is 3. The average Bonchev–Trinajstić information content (AvgIpc) is 1.83. The lowest BCUT2D eigenvalue weighted by Crippen LogP contribution is -2.49. The maximum atomic E-state index is 11.9. The van der Waals surface area contributed by atoms with Crippen LogP contribution in [0.15, 0.2) is 97.1 Å². The summed E-state index contributed by atoms with van der Waals surface area (Å²) in [6.45, 7) is 5.42. The van der Waals surface area contributed by atoms with Crippen molar-refractivity contribution in [2.45, 2.75) is 38.5 Å². The highest BCUT2D eigenvalue weighted by Crippen LogP contribution is 2.21. The second-order valence-electron chi connectivity index (χ2n) is 22.1. The minimum Gasteiger partial charge on any atom is -0.377 e. The van der Waals surface area contributed by atoms with Crippen molar-refractivity contribution in [2.75, 3.05) is 128 Å². The highest BCUT2D eigenvalue weighted by atomic mass is 35.5. The molecule has 3 heterocycles. The Balaban J connectivity index is 0.000000300. The number of nitrogens with one attached hydrogen (secondary N) is 5. The van der Waals surface area contributed by atoms with Gasteiger partial charge in [-0.3, -0.25) is 96.1 Å². The summed E-state index contributed by atoms with van der Waals surface area (Å²) in [5, 5.41) is 13.1. The molecule has 0 spiro atoms. The van der Waals surface area contributed by atoms with Gasteiger partial charge in [-0.1, -0.05) is 36.4 Å². The van der Waals surface area contributed by atoms with E-state index in [1.807, 2.05) is 6.07 Å². The van der Waals surface area contributed by atoms with Gasteiger partial charge in [0.15, 0.2) is 50.3 Å². The fraction of sp³-hybridized carbons (Fsp3) is 0.352. The number of benzene rings is 4. The van der Waals surface area contributed by atoms with Gasteiger partial charge < -0.3 is 50.6 Å². The lowest BCUT2D eigenvalue weighted by molar-refractivity contribution is -0.138. The first kappa shape index (κ1) is 84.5. The molecule has 548 valence electrons. The SMILES string of the molecule is O=Cc1ccc(CCC(=O)NCCN2C(=O)C=CC2=O)cc1C=O.O=Cc1ccc(CCC(=O)NCCNC(=O)CCl)cc1C=O.O=Cc1ccc(CCC(=O)NCCOCCOCCOCC(=O)NCCN2C(=O)C=CC2=O)cc1C=O.O=Cc1ccc(N2CCN(C(=O)CCl)CC2)cc1C=O. The highest BCUT2D eigenvalue weighted by Gasteiger charge is 2.25. The van der Waals surface area contributed by atoms with Gasteiger partial charge in [0.1, 0.15) is 18.4 Å². The summed E-state index contributed by atoms with van der Waals surface area (Å²) >= 11 is 10.8. The van der Waals surface area contributed by atoms with Gasteiger partial charge in [-0.2, -0.15) is 0 Å². The molecule has 103 heavy (non-hydrogen) atoms. The summed E-state index contributed by atoms with van der Waals surface area (Å²) in [5.74, 6) is -2.91. The summed E-state index contributed by atoms with van der Waals surface area (Å²) < 4.78 is 15.9. The Labute approximate surface area is 602 Å². The fourth-order valence-electron chi connectivity index (χ4n) is 9.56. The zero-order valence-corrected chi connectivity index (χ0v) is 57.7. The molecule has 0 unspecified atom stereocenters. The maximum absolute atomic E-state index is 11.9. The van der Waals surface area contributed by atoms with E-state index in [1.54, 1.807) is 71.6 Å². The van der Waals surface area contributed by atoms with E-state index in [1.165, 1.54) is 24.3 Å². The molecule has 4 aromatic rings. The normalized spacial score (nSPS) is 12.6. The highest BCUT2D eigenvalue weighted by molar-refractivity contribution is 6.27. The monoisotopic (exact) mass is 1460 g/mol. The van der Waals surface area contributed by atoms with Gasteiger partial charge in [0.2, 0.25) is 35.4 Å². The van der Waals surface area contributed by atoms with Crippen LogP contribution in [0.4, 0.5) is 5.69 Å². The van der Waals surface area contributed by atoms with Crippen LogP contribution in [-0.4, -0.2) is 247 Å². The first-order chi connectivity index (χ1) is 49.8. The first-order valence-corrected chi connectivity index (χ1v) is 33.3. The quantitative estimate of drug-likeness (QED) is 0.0183. The molecule has 0 radical (unpaired) electrons. The van der Waals surface area contributed by atoms with Crippen LogP contribution in [0.1, 0.15) is 119 Å². The van der Waals surface area contributed by atoms with E-state index >= 15 is 0 Å². The Morgan fingerprint density at radius 1 is 0.369 bits per heavy atom. The number of halogens is 2. The number of piperazine rings is 1. The first-order valence-electron chi connectivity index (χ1n) is 32.2. The van der Waals surface area contributed by atoms with Gasteiger partial charge >= 0.3 is 0 Å². The van der Waals surface area contributed by atoms with E-state index < -0.39 is 11.8 Å². The number of nitrogens with zero attached hydrogens (tertiary/aromatic N) is 4. The van der Waals surface area contributed by atoms with E-state index in [-0.39, 0.29) is 124 Å². The number of hydrogen-bond donors (Lipinski definition) is 5. The molecule has 0 aliphatic carbocycles. The molecule has 5 N–H and O–H groups in total. The van der Waals surface area contributed by atoms with E-state index in [0.717, 1.165) is 32.2 Å². The second-order valence-corrected chi connectivity index (χ2v) is 22.7. The van der Waals surface area contributed by atoms with Crippen LogP contribution in [0.3, 0.4) is 0 Å². The number of aldehydes is 8. The Kier molecular flexibility index (Phi) is 39.4. The molecule has 0 atom stereocenters. The Hall–Kier alpha value is -10.9. The van der Waals surface area contributed by atoms with Crippen molar-refractivity contribution in [1.29, 1.82) is 0 Å². The van der Waals surface area contributed by atoms with Crippen LogP contribution in [0.25, 0.3) is 0 Å². The number of anilines is 1. The fourth-order valence-corrected chi connectivity index (χ4v) is 9.82. The standard InChI is InChI=1S/C25H31N3O9.C17H16N2O5.C15H17ClN2O4.C14H15ClN2O3/c29-16-20-3-1-19(15-21(20)17-30)2-4-22(31)27-8-10-35-11-12-36-13-14-37-18-23(32)26-7-9-28-24(33)5-6-25(28)34;20-10-13-3-1-12(9-14(13)11-21)2-4-15(22)18-7-8-19-16(23)5-6-17(19)24;16-8-15(22)18-6-5-17-14(21)4-2-11-1-3-12(9-19)13(7-11)10-20;15-8-14(20)17-5-3-16(4-6-17)13-2-1-11(9-18)12(7-13)10-19/h1,3,5-6,15-17H,2,4,7-14,18H2,(H,26,32)(H,27,31);1,3,5-6,9-11H,2,4,7-8H2,(H,18,22);1,3,7,9-10H,2,4-6,8H2,(H,17,21)(H,18,22);1-2,7,9-10H,3-6,8H2. The molecule has 0 saturated carbocycles. The van der Waals surface area contributed by atoms with Crippen molar-refractivity contribution in [2.24, 2.45) is 0 Å². The van der Waals surface area contributed by atoms with E-state index in [9.17, 15) is 86.3 Å². The molecule has 10 amide bonds. The molecular formula is C71H79Cl2N9O21. The number of imide groups is 2. The second kappa shape index (κ2) is 48.0. The molecule has 3 aliphatic heterocycles. The van der Waals surface area contributed by atoms with Gasteiger partial charge in [-0.25, -0.2) is 0 Å². The van der Waals surface area contributed by atoms with E-state index in [2.05, 4.69) is 31.5 Å². The van der Waals surface area contributed by atoms with Crippen LogP contribution in [0.2, 0.25) is 0 Å². The number of aryl methyl sites for hydroxylation is 3. The van der Waals surface area contributed by atoms with Gasteiger partial charge in [0.25, 0.3) is 23.6 Å². The van der Waals surface area contributed by atoms with Gasteiger partial charge in [-0.05, 0) is 72.4 Å². The van der Waals surface area contributed by atoms with E-state index in [4.69, 9.17) is 37.4 Å². The summed E-state index contributed by atoms with van der Waals surface area (Å²) in [7, 11) is 0. The summed E-state index contributed by atoms with van der Waals surface area (Å²) in [6, 6.07) is 19.7. The Bertz CT molecular complexity index is 3710. The molecule has 1 saturated heterocycles. The van der Waals surface area contributed by atoms with Crippen LogP contribution < -0.4 is 31.5 Å². The number of amides is 10. The lowest BCUT2D eigenvalue weighted by atomic mass is 10.0. The van der Waals surface area contributed by atoms with Gasteiger partial charge in [0, 0.05) is 166 Å². The topological polar surface area (TPSA) is 408 Å². The minimum absolute atomic E-state index is 0.00330. The van der Waals surface area contributed by atoms with Gasteiger partial charge in [0.05, 0.1) is 33.0 Å². The van der Waals surface area contributed by atoms with Crippen molar-refractivity contribution >= 4 is 138 Å². The molecule has 4 aromatic carbocycles. The molecule has 0 bridgehead atoms. The molecule has 7 rings (SSSR count).